The van der Waals surface area contributed by atoms with Gasteiger partial charge in [-0.25, -0.2) is 4.39 Å². The van der Waals surface area contributed by atoms with Crippen LogP contribution >= 0.6 is 0 Å². The number of halogens is 1. The first-order chi connectivity index (χ1) is 13.1. The Bertz CT molecular complexity index is 1030. The molecule has 0 unspecified atom stereocenters. The van der Waals surface area contributed by atoms with E-state index >= 15 is 0 Å². The number of aromatic amines is 1. The molecule has 1 aliphatic heterocycles. The van der Waals surface area contributed by atoms with Crippen molar-refractivity contribution in [2.45, 2.75) is 12.3 Å². The number of aromatic nitrogens is 1. The number of rotatable bonds is 3. The minimum atomic E-state index is -0.407. The third-order valence-corrected chi connectivity index (χ3v) is 5.05. The minimum Gasteiger partial charge on any atom is -0.338 e. The highest BCUT2D eigenvalue weighted by atomic mass is 19.1. The van der Waals surface area contributed by atoms with Crippen molar-refractivity contribution in [3.05, 3.63) is 94.0 Å². The summed E-state index contributed by atoms with van der Waals surface area (Å²) in [6.07, 6.45) is 0.687. The molecule has 1 atom stereocenters. The van der Waals surface area contributed by atoms with Gasteiger partial charge in [-0.3, -0.25) is 9.59 Å². The summed E-state index contributed by atoms with van der Waals surface area (Å²) < 4.78 is 14.0. The maximum absolute atomic E-state index is 14.0. The lowest BCUT2D eigenvalue weighted by atomic mass is 9.98. The number of H-pyrrole nitrogens is 1. The van der Waals surface area contributed by atoms with E-state index in [1.54, 1.807) is 35.2 Å². The number of hydrogen-bond donors (Lipinski definition) is 1. The molecule has 0 bridgehead atoms. The van der Waals surface area contributed by atoms with Crippen LogP contribution in [0.5, 0.6) is 0 Å². The van der Waals surface area contributed by atoms with E-state index in [4.69, 9.17) is 0 Å². The number of carbonyl (C=O) groups is 1. The Balaban J connectivity index is 1.54. The summed E-state index contributed by atoms with van der Waals surface area (Å²) in [7, 11) is 0. The zero-order chi connectivity index (χ0) is 18.8. The third-order valence-electron chi connectivity index (χ3n) is 5.05. The van der Waals surface area contributed by atoms with Crippen LogP contribution in [0.25, 0.3) is 11.3 Å². The Morgan fingerprint density at radius 1 is 1.00 bits per heavy atom. The fourth-order valence-electron chi connectivity index (χ4n) is 3.60. The third kappa shape index (κ3) is 3.40. The molecule has 2 heterocycles. The van der Waals surface area contributed by atoms with E-state index < -0.39 is 5.56 Å². The monoisotopic (exact) mass is 362 g/mol. The van der Waals surface area contributed by atoms with Crippen LogP contribution in [-0.2, 0) is 0 Å². The van der Waals surface area contributed by atoms with Crippen molar-refractivity contribution in [2.24, 2.45) is 0 Å². The van der Waals surface area contributed by atoms with Gasteiger partial charge in [-0.05, 0) is 35.7 Å². The molecule has 0 aliphatic carbocycles. The highest BCUT2D eigenvalue weighted by Crippen LogP contribution is 2.29. The number of pyridine rings is 1. The minimum absolute atomic E-state index is 0.0437. The molecule has 1 N–H and O–H groups in total. The molecular weight excluding hydrogens is 343 g/mol. The van der Waals surface area contributed by atoms with Crippen molar-refractivity contribution >= 4 is 5.91 Å². The number of hydrogen-bond acceptors (Lipinski definition) is 2. The smallest absolute Gasteiger partial charge is 0.261 e. The molecular formula is C22H19FN2O2. The van der Waals surface area contributed by atoms with E-state index in [-0.39, 0.29) is 23.2 Å². The van der Waals surface area contributed by atoms with E-state index in [2.05, 4.69) is 4.98 Å². The average Bonchev–Trinajstić information content (AvgIpc) is 3.18. The van der Waals surface area contributed by atoms with E-state index in [0.29, 0.717) is 30.8 Å². The first-order valence-electron chi connectivity index (χ1n) is 8.96. The fourth-order valence-corrected chi connectivity index (χ4v) is 3.60. The number of benzene rings is 2. The first kappa shape index (κ1) is 17.2. The molecule has 0 spiro atoms. The van der Waals surface area contributed by atoms with Crippen LogP contribution < -0.4 is 5.56 Å². The highest BCUT2D eigenvalue weighted by molar-refractivity contribution is 5.94. The van der Waals surface area contributed by atoms with Gasteiger partial charge in [0.2, 0.25) is 0 Å². The molecule has 136 valence electrons. The first-order valence-corrected chi connectivity index (χ1v) is 8.96. The molecule has 1 aromatic heterocycles. The van der Waals surface area contributed by atoms with Crippen LogP contribution in [0.4, 0.5) is 4.39 Å². The Labute approximate surface area is 156 Å². The standard InChI is InChI=1S/C22H19FN2O2/c23-19-9-5-4-8-17(19)16-12-13-25(14-16)22(27)18-10-11-20(24-21(18)26)15-6-2-1-3-7-15/h1-11,16H,12-14H2,(H,24,26)/t16-/m0/s1. The van der Waals surface area contributed by atoms with Crippen LogP contribution in [0.15, 0.2) is 71.5 Å². The Kier molecular flexibility index (Phi) is 4.59. The lowest BCUT2D eigenvalue weighted by Gasteiger charge is -2.17. The number of likely N-dealkylation sites (tertiary alicyclic amines) is 1. The van der Waals surface area contributed by atoms with Gasteiger partial charge >= 0.3 is 0 Å². The van der Waals surface area contributed by atoms with Crippen molar-refractivity contribution in [1.82, 2.24) is 9.88 Å². The molecule has 0 radical (unpaired) electrons. The van der Waals surface area contributed by atoms with Gasteiger partial charge in [-0.2, -0.15) is 0 Å². The van der Waals surface area contributed by atoms with E-state index in [9.17, 15) is 14.0 Å². The summed E-state index contributed by atoms with van der Waals surface area (Å²) in [4.78, 5) is 29.7. The summed E-state index contributed by atoms with van der Waals surface area (Å²) in [5.41, 5.74) is 1.89. The number of carbonyl (C=O) groups excluding carboxylic acids is 1. The normalized spacial score (nSPS) is 16.5. The maximum Gasteiger partial charge on any atom is 0.261 e. The zero-order valence-electron chi connectivity index (χ0n) is 14.7. The second-order valence-corrected chi connectivity index (χ2v) is 6.74. The van der Waals surface area contributed by atoms with E-state index in [1.807, 2.05) is 30.3 Å². The number of nitrogens with one attached hydrogen (secondary N) is 1. The summed E-state index contributed by atoms with van der Waals surface area (Å²) >= 11 is 0. The molecule has 5 heteroatoms. The van der Waals surface area contributed by atoms with Gasteiger partial charge in [0.15, 0.2) is 0 Å². The predicted octanol–water partition coefficient (Wildman–Crippen LogP) is 3.81. The summed E-state index contributed by atoms with van der Waals surface area (Å²) in [5, 5.41) is 0. The molecule has 2 aromatic carbocycles. The van der Waals surface area contributed by atoms with Gasteiger partial charge in [-0.1, -0.05) is 48.5 Å². The molecule has 4 rings (SSSR count). The van der Waals surface area contributed by atoms with Crippen molar-refractivity contribution in [2.75, 3.05) is 13.1 Å². The predicted molar refractivity (Wildman–Crippen MR) is 102 cm³/mol. The molecule has 1 saturated heterocycles. The van der Waals surface area contributed by atoms with Gasteiger partial charge in [0.05, 0.1) is 0 Å². The molecule has 1 fully saturated rings. The quantitative estimate of drug-likeness (QED) is 0.770. The van der Waals surface area contributed by atoms with Gasteiger partial charge in [0, 0.05) is 24.7 Å². The Hall–Kier alpha value is -3.21. The van der Waals surface area contributed by atoms with Crippen molar-refractivity contribution in [3.63, 3.8) is 0 Å². The molecule has 3 aromatic rings. The number of amides is 1. The molecule has 27 heavy (non-hydrogen) atoms. The Morgan fingerprint density at radius 2 is 1.74 bits per heavy atom. The second-order valence-electron chi connectivity index (χ2n) is 6.74. The van der Waals surface area contributed by atoms with Gasteiger partial charge < -0.3 is 9.88 Å². The lowest BCUT2D eigenvalue weighted by Crippen LogP contribution is -2.33. The molecule has 1 aliphatic rings. The summed E-state index contributed by atoms with van der Waals surface area (Å²) in [6.45, 7) is 0.928. The second kappa shape index (κ2) is 7.19. The summed E-state index contributed by atoms with van der Waals surface area (Å²) in [5.74, 6) is -0.602. The van der Waals surface area contributed by atoms with Crippen molar-refractivity contribution in [3.8, 4) is 11.3 Å². The zero-order valence-corrected chi connectivity index (χ0v) is 14.7. The Morgan fingerprint density at radius 3 is 2.48 bits per heavy atom. The number of nitrogens with zero attached hydrogens (tertiary/aromatic N) is 1. The average molecular weight is 362 g/mol. The fraction of sp³-hybridized carbons (Fsp3) is 0.182. The maximum atomic E-state index is 14.0. The van der Waals surface area contributed by atoms with Crippen LogP contribution in [0.2, 0.25) is 0 Å². The summed E-state index contributed by atoms with van der Waals surface area (Å²) in [6, 6.07) is 19.4. The molecule has 1 amide bonds. The van der Waals surface area contributed by atoms with E-state index in [1.165, 1.54) is 6.07 Å². The van der Waals surface area contributed by atoms with Crippen LogP contribution in [-0.4, -0.2) is 28.9 Å². The topological polar surface area (TPSA) is 53.2 Å². The van der Waals surface area contributed by atoms with Crippen molar-refractivity contribution in [1.29, 1.82) is 0 Å². The van der Waals surface area contributed by atoms with Crippen LogP contribution in [0.3, 0.4) is 0 Å². The highest BCUT2D eigenvalue weighted by Gasteiger charge is 2.30. The van der Waals surface area contributed by atoms with Crippen molar-refractivity contribution < 1.29 is 9.18 Å². The molecule has 0 saturated carbocycles. The van der Waals surface area contributed by atoms with Gasteiger partial charge in [-0.15, -0.1) is 0 Å². The van der Waals surface area contributed by atoms with Crippen LogP contribution in [0.1, 0.15) is 28.3 Å². The van der Waals surface area contributed by atoms with Gasteiger partial charge in [0.25, 0.3) is 11.5 Å². The SMILES string of the molecule is O=C(c1ccc(-c2ccccc2)[nH]c1=O)N1CC[C@H](c2ccccc2F)C1. The largest absolute Gasteiger partial charge is 0.338 e. The van der Waals surface area contributed by atoms with E-state index in [0.717, 1.165) is 5.56 Å². The lowest BCUT2D eigenvalue weighted by molar-refractivity contribution is 0.0789. The molecule has 4 nitrogen and oxygen atoms in total. The van der Waals surface area contributed by atoms with Crippen LogP contribution in [0, 0.1) is 5.82 Å². The van der Waals surface area contributed by atoms with Gasteiger partial charge in [0.1, 0.15) is 11.4 Å².